The lowest BCUT2D eigenvalue weighted by atomic mass is 9.77. The van der Waals surface area contributed by atoms with Crippen molar-refractivity contribution in [2.45, 2.75) is 25.3 Å². The Morgan fingerprint density at radius 1 is 0.653 bits per heavy atom. The van der Waals surface area contributed by atoms with E-state index in [1.807, 2.05) is 71.4 Å². The van der Waals surface area contributed by atoms with Crippen LogP contribution in [-0.2, 0) is 5.54 Å². The first kappa shape index (κ1) is 31.3. The van der Waals surface area contributed by atoms with Crippen LogP contribution in [0.3, 0.4) is 0 Å². The Morgan fingerprint density at radius 2 is 1.18 bits per heavy atom. The number of hydrogen-bond donors (Lipinski definition) is 1. The average molecular weight is 643 g/mol. The highest BCUT2D eigenvalue weighted by Crippen LogP contribution is 2.43. The molecule has 8 heteroatoms. The molecule has 2 heterocycles. The summed E-state index contributed by atoms with van der Waals surface area (Å²) in [7, 11) is 0. The molecule has 0 saturated carbocycles. The van der Waals surface area contributed by atoms with E-state index in [-0.39, 0.29) is 23.2 Å². The van der Waals surface area contributed by atoms with Crippen LogP contribution in [0.15, 0.2) is 140 Å². The van der Waals surface area contributed by atoms with Crippen molar-refractivity contribution >= 4 is 12.6 Å². The summed E-state index contributed by atoms with van der Waals surface area (Å²) >= 11 is 0. The molecule has 0 aliphatic carbocycles. The topological polar surface area (TPSA) is 106 Å². The van der Waals surface area contributed by atoms with Crippen molar-refractivity contribution in [1.82, 2.24) is 30.2 Å². The van der Waals surface area contributed by atoms with Gasteiger partial charge in [-0.2, -0.15) is 0 Å². The maximum atomic E-state index is 11.5. The quantitative estimate of drug-likeness (QED) is 0.113. The molecule has 7 rings (SSSR count). The maximum Gasteiger partial charge on any atom is 0.184 e. The lowest BCUT2D eigenvalue weighted by Crippen LogP contribution is -2.39. The summed E-state index contributed by atoms with van der Waals surface area (Å²) in [6, 6.07) is 47.5. The number of carbonyl (C=O) groups excluding carboxylic acids is 2. The minimum absolute atomic E-state index is 0.122. The molecule has 8 nitrogen and oxygen atoms in total. The second-order valence-electron chi connectivity index (χ2n) is 12.3. The number of rotatable bonds is 11. The monoisotopic (exact) mass is 642 g/mol. The number of nitrogens with zero attached hydrogens (tertiary/aromatic N) is 5. The van der Waals surface area contributed by atoms with Gasteiger partial charge in [0.2, 0.25) is 0 Å². The summed E-state index contributed by atoms with van der Waals surface area (Å²) in [4.78, 5) is 30.6. The molecule has 0 radical (unpaired) electrons. The SMILES string of the molecule is CC(C)C(c1ccc(-c2ccccc2-c2nnnn2C(c2ccccc2)(c2ccccc2)c2ccccc2)cc1)c1nc(C=O)c(C=O)[nH]1. The van der Waals surface area contributed by atoms with Gasteiger partial charge < -0.3 is 4.98 Å². The van der Waals surface area contributed by atoms with Crippen LogP contribution < -0.4 is 0 Å². The van der Waals surface area contributed by atoms with Gasteiger partial charge in [0, 0.05) is 11.5 Å². The van der Waals surface area contributed by atoms with Crippen molar-refractivity contribution in [3.05, 3.63) is 179 Å². The van der Waals surface area contributed by atoms with Crippen LogP contribution in [0.2, 0.25) is 0 Å². The van der Waals surface area contributed by atoms with Crippen LogP contribution in [0.25, 0.3) is 22.5 Å². The standard InChI is InChI=1S/C41H34N6O2/c1-28(2)38(39-42-36(26-48)37(27-49)43-39)30-24-22-29(23-25-30)34-20-12-13-21-35(34)40-44-45-46-47(40)41(31-14-6-3-7-15-31,32-16-8-4-9-17-32)33-18-10-5-11-19-33/h3-28,38H,1-2H3,(H,42,43). The van der Waals surface area contributed by atoms with Gasteiger partial charge in [0.1, 0.15) is 22.8 Å². The van der Waals surface area contributed by atoms with Crippen molar-refractivity contribution in [2.75, 3.05) is 0 Å². The van der Waals surface area contributed by atoms with E-state index in [1.54, 1.807) is 0 Å². The van der Waals surface area contributed by atoms with E-state index in [9.17, 15) is 9.59 Å². The lowest BCUT2D eigenvalue weighted by Gasteiger charge is -2.36. The van der Waals surface area contributed by atoms with Gasteiger partial charge in [-0.15, -0.1) is 5.10 Å². The first-order chi connectivity index (χ1) is 24.1. The first-order valence-electron chi connectivity index (χ1n) is 16.2. The van der Waals surface area contributed by atoms with Gasteiger partial charge in [-0.3, -0.25) is 9.59 Å². The average Bonchev–Trinajstić information content (AvgIpc) is 3.81. The van der Waals surface area contributed by atoms with Crippen LogP contribution in [0.5, 0.6) is 0 Å². The molecule has 0 spiro atoms. The molecule has 7 aromatic rings. The fourth-order valence-electron chi connectivity index (χ4n) is 6.89. The second kappa shape index (κ2) is 13.4. The molecule has 0 fully saturated rings. The number of aromatic amines is 1. The van der Waals surface area contributed by atoms with E-state index in [2.05, 4.69) is 107 Å². The molecule has 49 heavy (non-hydrogen) atoms. The highest BCUT2D eigenvalue weighted by Gasteiger charge is 2.42. The number of aromatic nitrogens is 6. The van der Waals surface area contributed by atoms with E-state index in [0.717, 1.165) is 38.9 Å². The molecular weight excluding hydrogens is 608 g/mol. The minimum Gasteiger partial charge on any atom is -0.339 e. The summed E-state index contributed by atoms with van der Waals surface area (Å²) in [5.41, 5.74) is 6.36. The summed E-state index contributed by atoms with van der Waals surface area (Å²) < 4.78 is 1.95. The van der Waals surface area contributed by atoms with Crippen LogP contribution in [0, 0.1) is 5.92 Å². The molecule has 0 aliphatic heterocycles. The molecule has 1 atom stereocenters. The molecule has 0 amide bonds. The molecule has 1 unspecified atom stereocenters. The predicted octanol–water partition coefficient (Wildman–Crippen LogP) is 7.98. The van der Waals surface area contributed by atoms with Crippen LogP contribution in [0.1, 0.15) is 68.8 Å². The van der Waals surface area contributed by atoms with Crippen molar-refractivity contribution < 1.29 is 9.59 Å². The van der Waals surface area contributed by atoms with Gasteiger partial charge in [0.15, 0.2) is 18.4 Å². The molecular formula is C41H34N6O2. The van der Waals surface area contributed by atoms with E-state index < -0.39 is 5.54 Å². The van der Waals surface area contributed by atoms with Crippen LogP contribution >= 0.6 is 0 Å². The fraction of sp³-hybridized carbons (Fsp3) is 0.122. The highest BCUT2D eigenvalue weighted by atomic mass is 16.1. The molecule has 5 aromatic carbocycles. The summed E-state index contributed by atoms with van der Waals surface area (Å²) in [5.74, 6) is 1.21. The van der Waals surface area contributed by atoms with E-state index in [1.165, 1.54) is 0 Å². The van der Waals surface area contributed by atoms with Crippen molar-refractivity contribution in [3.8, 4) is 22.5 Å². The van der Waals surface area contributed by atoms with Crippen molar-refractivity contribution in [2.24, 2.45) is 5.92 Å². The number of hydrogen-bond acceptors (Lipinski definition) is 6. The minimum atomic E-state index is -0.881. The summed E-state index contributed by atoms with van der Waals surface area (Å²) in [6.07, 6.45) is 1.24. The first-order valence-corrected chi connectivity index (χ1v) is 16.2. The van der Waals surface area contributed by atoms with Gasteiger partial charge in [-0.1, -0.05) is 153 Å². The molecule has 1 N–H and O–H groups in total. The summed E-state index contributed by atoms with van der Waals surface area (Å²) in [6.45, 7) is 4.19. The Hall–Kier alpha value is -6.28. The zero-order valence-electron chi connectivity index (χ0n) is 27.1. The molecule has 0 bridgehead atoms. The Labute approximate surface area is 284 Å². The second-order valence-corrected chi connectivity index (χ2v) is 12.3. The third kappa shape index (κ3) is 5.57. The lowest BCUT2D eigenvalue weighted by molar-refractivity contribution is 0.109. The third-order valence-corrected chi connectivity index (χ3v) is 9.08. The number of nitrogens with one attached hydrogen (secondary N) is 1. The Bertz CT molecular complexity index is 2070. The van der Waals surface area contributed by atoms with Crippen LogP contribution in [-0.4, -0.2) is 42.7 Å². The Balaban J connectivity index is 1.38. The summed E-state index contributed by atoms with van der Waals surface area (Å²) in [5, 5.41) is 13.7. The molecule has 2 aromatic heterocycles. The van der Waals surface area contributed by atoms with E-state index >= 15 is 0 Å². The fourth-order valence-corrected chi connectivity index (χ4v) is 6.89. The smallest absolute Gasteiger partial charge is 0.184 e. The molecule has 240 valence electrons. The van der Waals surface area contributed by atoms with Crippen molar-refractivity contribution in [1.29, 1.82) is 0 Å². The van der Waals surface area contributed by atoms with Gasteiger partial charge in [-0.25, -0.2) is 9.67 Å². The Kier molecular flexibility index (Phi) is 8.60. The van der Waals surface area contributed by atoms with E-state index in [0.29, 0.717) is 24.2 Å². The van der Waals surface area contributed by atoms with Gasteiger partial charge in [0.25, 0.3) is 0 Å². The number of tetrazole rings is 1. The van der Waals surface area contributed by atoms with Crippen molar-refractivity contribution in [3.63, 3.8) is 0 Å². The zero-order chi connectivity index (χ0) is 33.8. The number of carbonyl (C=O) groups is 2. The molecule has 0 saturated heterocycles. The molecule has 0 aliphatic rings. The van der Waals surface area contributed by atoms with Gasteiger partial charge in [0.05, 0.1) is 0 Å². The van der Waals surface area contributed by atoms with Gasteiger partial charge >= 0.3 is 0 Å². The van der Waals surface area contributed by atoms with Crippen LogP contribution in [0.4, 0.5) is 0 Å². The highest BCUT2D eigenvalue weighted by molar-refractivity contribution is 5.87. The normalized spacial score (nSPS) is 12.1. The largest absolute Gasteiger partial charge is 0.339 e. The number of aldehydes is 2. The number of H-pyrrole nitrogens is 1. The maximum absolute atomic E-state index is 11.5. The predicted molar refractivity (Wildman–Crippen MR) is 189 cm³/mol. The Morgan fingerprint density at radius 3 is 1.67 bits per heavy atom. The third-order valence-electron chi connectivity index (χ3n) is 9.08. The number of benzene rings is 5. The zero-order valence-corrected chi connectivity index (χ0v) is 27.1. The van der Waals surface area contributed by atoms with E-state index in [4.69, 9.17) is 5.21 Å². The van der Waals surface area contributed by atoms with Gasteiger partial charge in [-0.05, 0) is 49.7 Å². The number of imidazole rings is 1.